The summed E-state index contributed by atoms with van der Waals surface area (Å²) < 4.78 is 1.03. The van der Waals surface area contributed by atoms with Crippen molar-refractivity contribution in [1.29, 1.82) is 0 Å². The standard InChI is InChI=1S/C13H19BrN2O2/c14-12-9-11(10-18)1-2-13(12)16-5-3-15(4-6-16)7-8-17/h1-2,9,17-18H,3-8,10H2. The maximum atomic E-state index is 9.09. The van der Waals surface area contributed by atoms with Gasteiger partial charge in [-0.3, -0.25) is 4.90 Å². The second kappa shape index (κ2) is 6.52. The number of aliphatic hydroxyl groups excluding tert-OH is 2. The number of hydrogen-bond donors (Lipinski definition) is 2. The van der Waals surface area contributed by atoms with Crippen molar-refractivity contribution in [2.75, 3.05) is 44.2 Å². The van der Waals surface area contributed by atoms with Crippen LogP contribution in [0.2, 0.25) is 0 Å². The average Bonchev–Trinajstić information content (AvgIpc) is 2.40. The van der Waals surface area contributed by atoms with E-state index in [9.17, 15) is 0 Å². The summed E-state index contributed by atoms with van der Waals surface area (Å²) in [5.74, 6) is 0. The van der Waals surface area contributed by atoms with E-state index in [1.807, 2.05) is 12.1 Å². The van der Waals surface area contributed by atoms with Gasteiger partial charge < -0.3 is 15.1 Å². The summed E-state index contributed by atoms with van der Waals surface area (Å²) in [7, 11) is 0. The summed E-state index contributed by atoms with van der Waals surface area (Å²) >= 11 is 3.56. The Kier molecular flexibility index (Phi) is 5.00. The largest absolute Gasteiger partial charge is 0.395 e. The Hall–Kier alpha value is -0.620. The third-order valence-electron chi connectivity index (χ3n) is 3.32. The van der Waals surface area contributed by atoms with E-state index in [0.717, 1.165) is 42.8 Å². The van der Waals surface area contributed by atoms with Crippen LogP contribution in [0, 0.1) is 0 Å². The molecule has 1 saturated heterocycles. The fraction of sp³-hybridized carbons (Fsp3) is 0.538. The van der Waals surface area contributed by atoms with Crippen molar-refractivity contribution in [2.45, 2.75) is 6.61 Å². The second-order valence-corrected chi connectivity index (χ2v) is 5.35. The van der Waals surface area contributed by atoms with Crippen LogP contribution in [-0.2, 0) is 6.61 Å². The van der Waals surface area contributed by atoms with Gasteiger partial charge in [0.25, 0.3) is 0 Å². The van der Waals surface area contributed by atoms with E-state index < -0.39 is 0 Å². The minimum atomic E-state index is 0.0726. The first-order chi connectivity index (χ1) is 8.74. The number of nitrogens with zero attached hydrogens (tertiary/aromatic N) is 2. The molecule has 1 aromatic carbocycles. The topological polar surface area (TPSA) is 46.9 Å². The molecule has 0 atom stereocenters. The molecule has 0 unspecified atom stereocenters. The summed E-state index contributed by atoms with van der Waals surface area (Å²) in [6, 6.07) is 5.98. The molecule has 0 aromatic heterocycles. The Labute approximate surface area is 116 Å². The minimum absolute atomic E-state index is 0.0726. The van der Waals surface area contributed by atoms with Gasteiger partial charge in [-0.05, 0) is 33.6 Å². The monoisotopic (exact) mass is 314 g/mol. The molecule has 18 heavy (non-hydrogen) atoms. The molecule has 1 aliphatic rings. The minimum Gasteiger partial charge on any atom is -0.395 e. The molecule has 0 amide bonds. The van der Waals surface area contributed by atoms with E-state index >= 15 is 0 Å². The number of halogens is 1. The van der Waals surface area contributed by atoms with Crippen LogP contribution in [0.15, 0.2) is 22.7 Å². The number of aliphatic hydroxyl groups is 2. The van der Waals surface area contributed by atoms with Gasteiger partial charge in [-0.15, -0.1) is 0 Å². The van der Waals surface area contributed by atoms with Crippen LogP contribution in [0.1, 0.15) is 5.56 Å². The van der Waals surface area contributed by atoms with Crippen molar-refractivity contribution >= 4 is 21.6 Å². The summed E-state index contributed by atoms with van der Waals surface area (Å²) in [4.78, 5) is 4.60. The number of hydrogen-bond acceptors (Lipinski definition) is 4. The Bertz CT molecular complexity index is 393. The summed E-state index contributed by atoms with van der Waals surface area (Å²) in [5.41, 5.74) is 2.10. The molecule has 0 aliphatic carbocycles. The number of benzene rings is 1. The van der Waals surface area contributed by atoms with Gasteiger partial charge in [0.05, 0.1) is 18.9 Å². The fourth-order valence-corrected chi connectivity index (χ4v) is 2.94. The number of anilines is 1. The molecule has 100 valence electrons. The summed E-state index contributed by atoms with van der Waals surface area (Å²) in [6.07, 6.45) is 0. The van der Waals surface area contributed by atoms with Crippen LogP contribution in [0.3, 0.4) is 0 Å². The molecule has 1 aliphatic heterocycles. The van der Waals surface area contributed by atoms with E-state index in [2.05, 4.69) is 31.8 Å². The molecular weight excluding hydrogens is 296 g/mol. The van der Waals surface area contributed by atoms with Crippen molar-refractivity contribution in [3.05, 3.63) is 28.2 Å². The highest BCUT2D eigenvalue weighted by molar-refractivity contribution is 9.10. The molecule has 0 saturated carbocycles. The lowest BCUT2D eigenvalue weighted by molar-refractivity contribution is 0.188. The van der Waals surface area contributed by atoms with Gasteiger partial charge in [0.1, 0.15) is 0 Å². The lowest BCUT2D eigenvalue weighted by Gasteiger charge is -2.36. The molecule has 2 rings (SSSR count). The highest BCUT2D eigenvalue weighted by Crippen LogP contribution is 2.28. The van der Waals surface area contributed by atoms with Crippen LogP contribution < -0.4 is 4.90 Å². The van der Waals surface area contributed by atoms with Crippen molar-refractivity contribution in [1.82, 2.24) is 4.90 Å². The molecule has 1 fully saturated rings. The van der Waals surface area contributed by atoms with E-state index in [1.54, 1.807) is 0 Å². The zero-order valence-corrected chi connectivity index (χ0v) is 11.9. The van der Waals surface area contributed by atoms with Gasteiger partial charge in [0.2, 0.25) is 0 Å². The van der Waals surface area contributed by atoms with Gasteiger partial charge in [-0.2, -0.15) is 0 Å². The quantitative estimate of drug-likeness (QED) is 0.872. The van der Waals surface area contributed by atoms with Crippen LogP contribution in [0.25, 0.3) is 0 Å². The SMILES string of the molecule is OCCN1CCN(c2ccc(CO)cc2Br)CC1. The fourth-order valence-electron chi connectivity index (χ4n) is 2.26. The van der Waals surface area contributed by atoms with Crippen molar-refractivity contribution < 1.29 is 10.2 Å². The third kappa shape index (κ3) is 3.23. The Morgan fingerprint density at radius 1 is 1.11 bits per heavy atom. The van der Waals surface area contributed by atoms with Crippen molar-refractivity contribution in [2.24, 2.45) is 0 Å². The van der Waals surface area contributed by atoms with Crippen LogP contribution >= 0.6 is 15.9 Å². The molecule has 1 aromatic rings. The van der Waals surface area contributed by atoms with Crippen molar-refractivity contribution in [3.8, 4) is 0 Å². The van der Waals surface area contributed by atoms with Crippen LogP contribution in [0.5, 0.6) is 0 Å². The molecule has 5 heteroatoms. The normalized spacial score (nSPS) is 17.2. The van der Waals surface area contributed by atoms with Gasteiger partial charge >= 0.3 is 0 Å². The maximum Gasteiger partial charge on any atom is 0.0682 e. The number of piperazine rings is 1. The first kappa shape index (κ1) is 13.8. The molecule has 1 heterocycles. The predicted molar refractivity (Wildman–Crippen MR) is 75.8 cm³/mol. The molecule has 0 spiro atoms. The third-order valence-corrected chi connectivity index (χ3v) is 3.96. The van der Waals surface area contributed by atoms with Crippen LogP contribution in [0.4, 0.5) is 5.69 Å². The molecule has 0 bridgehead atoms. The Morgan fingerprint density at radius 2 is 1.83 bits per heavy atom. The van der Waals surface area contributed by atoms with Gasteiger partial charge in [0, 0.05) is 37.2 Å². The van der Waals surface area contributed by atoms with Crippen LogP contribution in [-0.4, -0.2) is 54.4 Å². The Morgan fingerprint density at radius 3 is 2.39 bits per heavy atom. The highest BCUT2D eigenvalue weighted by atomic mass is 79.9. The first-order valence-electron chi connectivity index (χ1n) is 6.22. The molecular formula is C13H19BrN2O2. The molecule has 0 radical (unpaired) electrons. The van der Waals surface area contributed by atoms with Gasteiger partial charge in [-0.1, -0.05) is 6.07 Å². The van der Waals surface area contributed by atoms with Gasteiger partial charge in [0.15, 0.2) is 0 Å². The zero-order chi connectivity index (χ0) is 13.0. The number of rotatable bonds is 4. The molecule has 4 nitrogen and oxygen atoms in total. The van der Waals surface area contributed by atoms with E-state index in [0.29, 0.717) is 0 Å². The smallest absolute Gasteiger partial charge is 0.0682 e. The first-order valence-corrected chi connectivity index (χ1v) is 7.01. The zero-order valence-electron chi connectivity index (χ0n) is 10.3. The maximum absolute atomic E-state index is 9.09. The van der Waals surface area contributed by atoms with Gasteiger partial charge in [-0.25, -0.2) is 0 Å². The predicted octanol–water partition coefficient (Wildman–Crippen LogP) is 1.06. The van der Waals surface area contributed by atoms with E-state index in [4.69, 9.17) is 10.2 Å². The van der Waals surface area contributed by atoms with Crippen molar-refractivity contribution in [3.63, 3.8) is 0 Å². The number of β-amino-alcohol motifs (C(OH)–C–C–N with tert-alkyl or cyclic N) is 1. The molecule has 2 N–H and O–H groups in total. The summed E-state index contributed by atoms with van der Waals surface area (Å²) in [5, 5.41) is 18.0. The highest BCUT2D eigenvalue weighted by Gasteiger charge is 2.18. The summed E-state index contributed by atoms with van der Waals surface area (Å²) in [6.45, 7) is 4.97. The average molecular weight is 315 g/mol. The lowest BCUT2D eigenvalue weighted by Crippen LogP contribution is -2.47. The Balaban J connectivity index is 2.01. The van der Waals surface area contributed by atoms with E-state index in [-0.39, 0.29) is 13.2 Å². The van der Waals surface area contributed by atoms with E-state index in [1.165, 1.54) is 5.69 Å². The second-order valence-electron chi connectivity index (χ2n) is 4.50. The lowest BCUT2D eigenvalue weighted by atomic mass is 10.2.